The lowest BCUT2D eigenvalue weighted by Gasteiger charge is -2.26. The Morgan fingerprint density at radius 3 is 1.45 bits per heavy atom. The molecule has 110 valence electrons. The second-order valence-electron chi connectivity index (χ2n) is 4.74. The maximum atomic E-state index is 12.3. The lowest BCUT2D eigenvalue weighted by Crippen LogP contribution is -2.48. The highest BCUT2D eigenvalue weighted by atomic mass is 16.2. The third-order valence-corrected chi connectivity index (χ3v) is 3.70. The summed E-state index contributed by atoms with van der Waals surface area (Å²) in [4.78, 5) is 52.9. The molecule has 0 unspecified atom stereocenters. The molecular weight excluding hydrogens is 264 g/mol. The van der Waals surface area contributed by atoms with E-state index in [4.69, 9.17) is 0 Å². The molecule has 0 N–H and O–H groups in total. The third kappa shape index (κ3) is 1.67. The molecule has 0 aromatic carbocycles. The van der Waals surface area contributed by atoms with Gasteiger partial charge in [0, 0.05) is 26.9 Å². The summed E-state index contributed by atoms with van der Waals surface area (Å²) >= 11 is 0. The lowest BCUT2D eigenvalue weighted by atomic mass is 10.3. The first kappa shape index (κ1) is 14.3. The van der Waals surface area contributed by atoms with E-state index >= 15 is 0 Å². The molecule has 8 nitrogen and oxygen atoms in total. The van der Waals surface area contributed by atoms with Crippen molar-refractivity contribution in [1.29, 1.82) is 0 Å². The number of fused-ring (bicyclic) bond motifs is 1. The van der Waals surface area contributed by atoms with Gasteiger partial charge in [0.2, 0.25) is 11.8 Å². The molecule has 0 bridgehead atoms. The molecule has 20 heavy (non-hydrogen) atoms. The van der Waals surface area contributed by atoms with Gasteiger partial charge in [0.1, 0.15) is 0 Å². The van der Waals surface area contributed by atoms with Crippen LogP contribution in [0.1, 0.15) is 27.7 Å². The Balaban J connectivity index is 2.54. The van der Waals surface area contributed by atoms with Crippen molar-refractivity contribution in [3.05, 3.63) is 0 Å². The topological polar surface area (TPSA) is 81.2 Å². The molecular formula is C12H18N4O4. The second-order valence-corrected chi connectivity index (χ2v) is 4.74. The molecule has 0 aliphatic carbocycles. The SMILES string of the molecule is CCN1C(=O)N(CC)[C@@H]2[C@H]1N(C(C)=O)C(=O)N2C(C)=O. The Hall–Kier alpha value is -2.12. The van der Waals surface area contributed by atoms with Crippen LogP contribution in [0, 0.1) is 0 Å². The number of likely N-dealkylation sites (N-methyl/N-ethyl adjacent to an activating group) is 2. The van der Waals surface area contributed by atoms with Crippen LogP contribution < -0.4 is 0 Å². The average Bonchev–Trinajstić information content (AvgIpc) is 2.78. The summed E-state index contributed by atoms with van der Waals surface area (Å²) in [5.41, 5.74) is 0. The van der Waals surface area contributed by atoms with E-state index in [2.05, 4.69) is 0 Å². The van der Waals surface area contributed by atoms with E-state index in [9.17, 15) is 19.2 Å². The average molecular weight is 282 g/mol. The van der Waals surface area contributed by atoms with Crippen LogP contribution in [-0.2, 0) is 9.59 Å². The van der Waals surface area contributed by atoms with Crippen molar-refractivity contribution in [3.8, 4) is 0 Å². The van der Waals surface area contributed by atoms with Crippen molar-refractivity contribution in [3.63, 3.8) is 0 Å². The quantitative estimate of drug-likeness (QED) is 0.727. The molecule has 0 aromatic rings. The summed E-state index contributed by atoms with van der Waals surface area (Å²) in [5.74, 6) is -0.948. The molecule has 8 heteroatoms. The number of hydrogen-bond donors (Lipinski definition) is 0. The van der Waals surface area contributed by atoms with Crippen LogP contribution >= 0.6 is 0 Å². The van der Waals surface area contributed by atoms with Crippen LogP contribution in [0.15, 0.2) is 0 Å². The Morgan fingerprint density at radius 2 is 1.20 bits per heavy atom. The summed E-state index contributed by atoms with van der Waals surface area (Å²) in [6, 6.07) is -0.931. The largest absolute Gasteiger partial charge is 0.337 e. The second kappa shape index (κ2) is 4.77. The van der Waals surface area contributed by atoms with Gasteiger partial charge in [-0.15, -0.1) is 0 Å². The van der Waals surface area contributed by atoms with Crippen molar-refractivity contribution in [2.45, 2.75) is 40.0 Å². The number of hydrogen-bond acceptors (Lipinski definition) is 4. The maximum Gasteiger partial charge on any atom is 0.337 e. The van der Waals surface area contributed by atoms with Crippen LogP contribution in [0.3, 0.4) is 0 Å². The predicted octanol–water partition coefficient (Wildman–Crippen LogP) is 0.247. The molecule has 0 radical (unpaired) electrons. The number of carbonyl (C=O) groups excluding carboxylic acids is 4. The van der Waals surface area contributed by atoms with Crippen LogP contribution in [0.5, 0.6) is 0 Å². The number of amides is 6. The van der Waals surface area contributed by atoms with Gasteiger partial charge >= 0.3 is 12.1 Å². The first-order valence-electron chi connectivity index (χ1n) is 6.57. The van der Waals surface area contributed by atoms with Crippen molar-refractivity contribution < 1.29 is 19.2 Å². The maximum absolute atomic E-state index is 12.3. The molecule has 2 saturated heterocycles. The molecule has 6 amide bonds. The van der Waals surface area contributed by atoms with E-state index in [0.29, 0.717) is 13.1 Å². The van der Waals surface area contributed by atoms with Crippen molar-refractivity contribution in [1.82, 2.24) is 19.6 Å². The van der Waals surface area contributed by atoms with Gasteiger partial charge in [-0.3, -0.25) is 19.4 Å². The molecule has 0 saturated carbocycles. The fourth-order valence-electron chi connectivity index (χ4n) is 2.89. The lowest BCUT2D eigenvalue weighted by molar-refractivity contribution is -0.129. The summed E-state index contributed by atoms with van der Waals surface area (Å²) in [6.07, 6.45) is -1.47. The highest BCUT2D eigenvalue weighted by Crippen LogP contribution is 2.34. The van der Waals surface area contributed by atoms with Crippen LogP contribution in [0.4, 0.5) is 9.59 Å². The first-order chi connectivity index (χ1) is 9.36. The summed E-state index contributed by atoms with van der Waals surface area (Å²) < 4.78 is 0. The molecule has 2 heterocycles. The zero-order valence-electron chi connectivity index (χ0n) is 12.0. The first-order valence-corrected chi connectivity index (χ1v) is 6.57. The number of rotatable bonds is 2. The van der Waals surface area contributed by atoms with Crippen molar-refractivity contribution in [2.75, 3.05) is 13.1 Å². The predicted molar refractivity (Wildman–Crippen MR) is 68.2 cm³/mol. The van der Waals surface area contributed by atoms with Crippen LogP contribution in [0.25, 0.3) is 0 Å². The minimum atomic E-state index is -0.735. The van der Waals surface area contributed by atoms with E-state index in [1.165, 1.54) is 23.6 Å². The highest BCUT2D eigenvalue weighted by Gasteiger charge is 2.60. The number of urea groups is 2. The zero-order chi connectivity index (χ0) is 15.2. The Bertz CT molecular complexity index is 452. The van der Waals surface area contributed by atoms with Gasteiger partial charge in [0.15, 0.2) is 12.3 Å². The van der Waals surface area contributed by atoms with Crippen LogP contribution in [-0.4, -0.2) is 68.9 Å². The van der Waals surface area contributed by atoms with Crippen LogP contribution in [0.2, 0.25) is 0 Å². The van der Waals surface area contributed by atoms with Crippen molar-refractivity contribution in [2.24, 2.45) is 0 Å². The number of carbonyl (C=O) groups is 4. The number of nitrogens with zero attached hydrogens (tertiary/aromatic N) is 4. The molecule has 2 rings (SSSR count). The third-order valence-electron chi connectivity index (χ3n) is 3.70. The minimum Gasteiger partial charge on any atom is -0.300 e. The van der Waals surface area contributed by atoms with E-state index in [1.54, 1.807) is 13.8 Å². The molecule has 2 aliphatic heterocycles. The smallest absolute Gasteiger partial charge is 0.300 e. The Labute approximate surface area is 116 Å². The standard InChI is InChI=1S/C12H18N4O4/c1-5-13-9-10(14(6-2)11(13)19)16(8(4)18)12(20)15(9)7(3)17/h9-10H,5-6H2,1-4H3/t9-,10+. The molecule has 0 aromatic heterocycles. The molecule has 2 atom stereocenters. The summed E-state index contributed by atoms with van der Waals surface area (Å²) in [5, 5.41) is 0. The van der Waals surface area contributed by atoms with Gasteiger partial charge in [0.25, 0.3) is 0 Å². The van der Waals surface area contributed by atoms with Gasteiger partial charge in [-0.05, 0) is 13.8 Å². The fourth-order valence-corrected chi connectivity index (χ4v) is 2.89. The van der Waals surface area contributed by atoms with Gasteiger partial charge < -0.3 is 0 Å². The normalized spacial score (nSPS) is 25.6. The minimum absolute atomic E-state index is 0.269. The fraction of sp³-hybridized carbons (Fsp3) is 0.667. The zero-order valence-corrected chi connectivity index (χ0v) is 12.0. The van der Waals surface area contributed by atoms with Gasteiger partial charge in [0.05, 0.1) is 0 Å². The van der Waals surface area contributed by atoms with E-state index in [-0.39, 0.29) is 6.03 Å². The Morgan fingerprint density at radius 1 is 0.850 bits per heavy atom. The van der Waals surface area contributed by atoms with E-state index in [0.717, 1.165) is 9.80 Å². The van der Waals surface area contributed by atoms with Crippen molar-refractivity contribution >= 4 is 23.9 Å². The summed E-state index contributed by atoms with van der Waals surface area (Å²) in [6.45, 7) is 6.77. The monoisotopic (exact) mass is 282 g/mol. The Kier molecular flexibility index (Phi) is 3.41. The summed E-state index contributed by atoms with van der Waals surface area (Å²) in [7, 11) is 0. The number of imide groups is 2. The highest BCUT2D eigenvalue weighted by molar-refractivity contribution is 6.05. The van der Waals surface area contributed by atoms with E-state index in [1.807, 2.05) is 0 Å². The van der Waals surface area contributed by atoms with Gasteiger partial charge in [-0.1, -0.05) is 0 Å². The molecule has 0 spiro atoms. The van der Waals surface area contributed by atoms with Gasteiger partial charge in [-0.25, -0.2) is 19.4 Å². The molecule has 2 fully saturated rings. The van der Waals surface area contributed by atoms with Gasteiger partial charge in [-0.2, -0.15) is 0 Å². The van der Waals surface area contributed by atoms with E-state index < -0.39 is 30.2 Å². The molecule has 2 aliphatic rings.